The van der Waals surface area contributed by atoms with Gasteiger partial charge in [0.05, 0.1) is 5.60 Å². The van der Waals surface area contributed by atoms with Crippen molar-refractivity contribution in [3.05, 3.63) is 41.5 Å². The molecule has 1 aromatic carbocycles. The number of nitrogens with zero attached hydrogens (tertiary/aromatic N) is 1. The Morgan fingerprint density at radius 1 is 1.38 bits per heavy atom. The average molecular weight is 289 g/mol. The summed E-state index contributed by atoms with van der Waals surface area (Å²) < 4.78 is 0. The summed E-state index contributed by atoms with van der Waals surface area (Å²) in [5.41, 5.74) is 1.53. The van der Waals surface area contributed by atoms with E-state index in [1.807, 2.05) is 25.1 Å². The first kappa shape index (κ1) is 15.7. The smallest absolute Gasteiger partial charge is 0.328 e. The Labute approximate surface area is 125 Å². The van der Waals surface area contributed by atoms with Gasteiger partial charge in [0.25, 0.3) is 0 Å². The lowest BCUT2D eigenvalue weighted by Crippen LogP contribution is -2.28. The summed E-state index contributed by atoms with van der Waals surface area (Å²) in [6.07, 6.45) is 5.42. The van der Waals surface area contributed by atoms with Crippen molar-refractivity contribution in [1.29, 1.82) is 0 Å². The van der Waals surface area contributed by atoms with Gasteiger partial charge in [-0.05, 0) is 49.9 Å². The summed E-state index contributed by atoms with van der Waals surface area (Å²) in [6.45, 7) is 4.63. The minimum atomic E-state index is -0.935. The molecular weight excluding hydrogens is 266 g/mol. The van der Waals surface area contributed by atoms with E-state index in [0.717, 1.165) is 50.5 Å². The van der Waals surface area contributed by atoms with Crippen LogP contribution in [-0.2, 0) is 11.3 Å². The standard InChI is InChI=1S/C17H23NO3/c1-17(21)8-3-10-18(11-9-17)13-15-5-2-4-14(12-15)6-7-16(19)20/h2,4-7,12,21H,3,8-11,13H2,1H3,(H,19,20)/b7-6+. The molecule has 0 aromatic heterocycles. The molecule has 0 spiro atoms. The zero-order valence-electron chi connectivity index (χ0n) is 12.5. The molecule has 4 nitrogen and oxygen atoms in total. The van der Waals surface area contributed by atoms with Crippen molar-refractivity contribution in [2.24, 2.45) is 0 Å². The van der Waals surface area contributed by atoms with Gasteiger partial charge in [-0.3, -0.25) is 4.90 Å². The second kappa shape index (κ2) is 6.87. The largest absolute Gasteiger partial charge is 0.478 e. The Kier molecular flexibility index (Phi) is 5.15. The third kappa shape index (κ3) is 5.33. The molecule has 21 heavy (non-hydrogen) atoms. The van der Waals surface area contributed by atoms with Crippen LogP contribution in [0.25, 0.3) is 6.08 Å². The molecule has 1 saturated heterocycles. The van der Waals surface area contributed by atoms with E-state index in [1.54, 1.807) is 6.08 Å². The lowest BCUT2D eigenvalue weighted by molar-refractivity contribution is -0.131. The summed E-state index contributed by atoms with van der Waals surface area (Å²) in [5.74, 6) is -0.935. The van der Waals surface area contributed by atoms with Crippen LogP contribution < -0.4 is 0 Å². The average Bonchev–Trinajstić information content (AvgIpc) is 2.58. The predicted octanol–water partition coefficient (Wildman–Crippen LogP) is 2.52. The van der Waals surface area contributed by atoms with Crippen LogP contribution >= 0.6 is 0 Å². The number of carboxylic acid groups (broad SMARTS) is 1. The van der Waals surface area contributed by atoms with Gasteiger partial charge >= 0.3 is 5.97 Å². The molecule has 0 aliphatic carbocycles. The van der Waals surface area contributed by atoms with Gasteiger partial charge in [-0.2, -0.15) is 0 Å². The summed E-state index contributed by atoms with van der Waals surface area (Å²) in [6, 6.07) is 7.92. The number of hydrogen-bond acceptors (Lipinski definition) is 3. The third-order valence-corrected chi connectivity index (χ3v) is 3.93. The van der Waals surface area contributed by atoms with Gasteiger partial charge in [0.2, 0.25) is 0 Å². The predicted molar refractivity (Wildman–Crippen MR) is 82.9 cm³/mol. The number of carboxylic acids is 1. The van der Waals surface area contributed by atoms with Crippen molar-refractivity contribution in [2.45, 2.75) is 38.3 Å². The van der Waals surface area contributed by atoms with E-state index >= 15 is 0 Å². The van der Waals surface area contributed by atoms with Crippen molar-refractivity contribution < 1.29 is 15.0 Å². The molecule has 1 aliphatic heterocycles. The van der Waals surface area contributed by atoms with E-state index in [2.05, 4.69) is 11.0 Å². The van der Waals surface area contributed by atoms with Gasteiger partial charge in [-0.15, -0.1) is 0 Å². The fourth-order valence-electron chi connectivity index (χ4n) is 2.70. The molecule has 1 unspecified atom stereocenters. The number of rotatable bonds is 4. The number of hydrogen-bond donors (Lipinski definition) is 2. The van der Waals surface area contributed by atoms with Crippen LogP contribution in [0.1, 0.15) is 37.3 Å². The van der Waals surface area contributed by atoms with E-state index in [-0.39, 0.29) is 0 Å². The molecule has 2 N–H and O–H groups in total. The summed E-state index contributed by atoms with van der Waals surface area (Å²) in [5, 5.41) is 18.8. The second-order valence-corrected chi connectivity index (χ2v) is 6.04. The Morgan fingerprint density at radius 2 is 2.19 bits per heavy atom. The van der Waals surface area contributed by atoms with Crippen molar-refractivity contribution in [3.8, 4) is 0 Å². The van der Waals surface area contributed by atoms with Crippen LogP contribution in [0.5, 0.6) is 0 Å². The van der Waals surface area contributed by atoms with Gasteiger partial charge in [0.15, 0.2) is 0 Å². The zero-order valence-corrected chi connectivity index (χ0v) is 12.5. The Balaban J connectivity index is 1.99. The van der Waals surface area contributed by atoms with Crippen LogP contribution in [-0.4, -0.2) is 39.8 Å². The highest BCUT2D eigenvalue weighted by Crippen LogP contribution is 2.22. The second-order valence-electron chi connectivity index (χ2n) is 6.04. The third-order valence-electron chi connectivity index (χ3n) is 3.93. The molecule has 0 radical (unpaired) electrons. The fourth-order valence-corrected chi connectivity index (χ4v) is 2.70. The summed E-state index contributed by atoms with van der Waals surface area (Å²) in [4.78, 5) is 12.9. The molecule has 114 valence electrons. The topological polar surface area (TPSA) is 60.8 Å². The van der Waals surface area contributed by atoms with Crippen LogP contribution in [0.3, 0.4) is 0 Å². The van der Waals surface area contributed by atoms with Gasteiger partial charge in [-0.1, -0.05) is 24.3 Å². The van der Waals surface area contributed by atoms with Crippen molar-refractivity contribution in [1.82, 2.24) is 4.90 Å². The number of carbonyl (C=O) groups is 1. The summed E-state index contributed by atoms with van der Waals surface area (Å²) >= 11 is 0. The maximum atomic E-state index is 10.6. The number of aliphatic hydroxyl groups is 1. The first-order valence-corrected chi connectivity index (χ1v) is 7.39. The molecule has 1 fully saturated rings. The van der Waals surface area contributed by atoms with Gasteiger partial charge in [-0.25, -0.2) is 4.79 Å². The number of benzene rings is 1. The quantitative estimate of drug-likeness (QED) is 0.836. The van der Waals surface area contributed by atoms with E-state index in [1.165, 1.54) is 5.56 Å². The van der Waals surface area contributed by atoms with Gasteiger partial charge in [0, 0.05) is 19.2 Å². The lowest BCUT2D eigenvalue weighted by atomic mass is 9.98. The minimum absolute atomic E-state index is 0.541. The van der Waals surface area contributed by atoms with Gasteiger partial charge in [0.1, 0.15) is 0 Å². The molecule has 1 aliphatic rings. The molecule has 1 aromatic rings. The molecule has 0 amide bonds. The summed E-state index contributed by atoms with van der Waals surface area (Å²) in [7, 11) is 0. The van der Waals surface area contributed by atoms with E-state index in [0.29, 0.717) is 0 Å². The molecule has 0 saturated carbocycles. The van der Waals surface area contributed by atoms with E-state index < -0.39 is 11.6 Å². The van der Waals surface area contributed by atoms with Crippen LogP contribution in [0.2, 0.25) is 0 Å². The molecule has 4 heteroatoms. The number of likely N-dealkylation sites (tertiary alicyclic amines) is 1. The SMILES string of the molecule is CC1(O)CCCN(Cc2cccc(/C=C/C(=O)O)c2)CC1. The highest BCUT2D eigenvalue weighted by Gasteiger charge is 2.24. The molecule has 2 rings (SSSR count). The van der Waals surface area contributed by atoms with Crippen molar-refractivity contribution >= 4 is 12.0 Å². The van der Waals surface area contributed by atoms with Gasteiger partial charge < -0.3 is 10.2 Å². The first-order valence-electron chi connectivity index (χ1n) is 7.39. The fraction of sp³-hybridized carbons (Fsp3) is 0.471. The first-order chi connectivity index (χ1) is 9.94. The maximum Gasteiger partial charge on any atom is 0.328 e. The van der Waals surface area contributed by atoms with Crippen LogP contribution in [0, 0.1) is 0 Å². The highest BCUT2D eigenvalue weighted by molar-refractivity contribution is 5.85. The van der Waals surface area contributed by atoms with Crippen molar-refractivity contribution in [3.63, 3.8) is 0 Å². The van der Waals surface area contributed by atoms with Crippen LogP contribution in [0.15, 0.2) is 30.3 Å². The normalized spacial score (nSPS) is 24.1. The lowest BCUT2D eigenvalue weighted by Gasteiger charge is -2.22. The molecule has 1 atom stereocenters. The minimum Gasteiger partial charge on any atom is -0.478 e. The van der Waals surface area contributed by atoms with Crippen LogP contribution in [0.4, 0.5) is 0 Å². The van der Waals surface area contributed by atoms with E-state index in [9.17, 15) is 9.90 Å². The zero-order chi connectivity index (χ0) is 15.3. The molecular formula is C17H23NO3. The Bertz CT molecular complexity index is 523. The molecule has 0 bridgehead atoms. The Morgan fingerprint density at radius 3 is 2.95 bits per heavy atom. The highest BCUT2D eigenvalue weighted by atomic mass is 16.4. The van der Waals surface area contributed by atoms with Crippen molar-refractivity contribution in [2.75, 3.05) is 13.1 Å². The maximum absolute atomic E-state index is 10.6. The number of aliphatic carboxylic acids is 1. The Hall–Kier alpha value is -1.65. The molecule has 1 heterocycles. The van der Waals surface area contributed by atoms with E-state index in [4.69, 9.17) is 5.11 Å². The monoisotopic (exact) mass is 289 g/mol.